The van der Waals surface area contributed by atoms with Crippen LogP contribution in [0.25, 0.3) is 0 Å². The molecule has 0 N–H and O–H groups in total. The monoisotopic (exact) mass is 269 g/mol. The third kappa shape index (κ3) is 3.23. The average molecular weight is 270 g/mol. The van der Waals surface area contributed by atoms with Crippen molar-refractivity contribution in [3.05, 3.63) is 17.3 Å². The highest BCUT2D eigenvalue weighted by atomic mass is 35.5. The molecule has 1 rings (SSSR count). The number of pyridine rings is 1. The van der Waals surface area contributed by atoms with Crippen molar-refractivity contribution >= 4 is 16.8 Å². The predicted molar refractivity (Wildman–Crippen MR) is 52.4 cm³/mol. The molecule has 17 heavy (non-hydrogen) atoms. The lowest BCUT2D eigenvalue weighted by molar-refractivity contribution is -0.275. The highest BCUT2D eigenvalue weighted by Crippen LogP contribution is 2.35. The van der Waals surface area contributed by atoms with Gasteiger partial charge in [0.25, 0.3) is 11.1 Å². The fourth-order valence-corrected chi connectivity index (χ4v) is 1.33. The maximum Gasteiger partial charge on any atom is 0.573 e. The van der Waals surface area contributed by atoms with E-state index in [1.54, 1.807) is 0 Å². The van der Waals surface area contributed by atoms with Gasteiger partial charge in [0.15, 0.2) is 5.75 Å². The third-order valence-electron chi connectivity index (χ3n) is 1.87. The Kier molecular flexibility index (Phi) is 3.82. The van der Waals surface area contributed by atoms with Crippen molar-refractivity contribution in [3.8, 4) is 11.6 Å². The minimum Gasteiger partial charge on any atom is -0.478 e. The maximum atomic E-state index is 12.1. The van der Waals surface area contributed by atoms with Crippen LogP contribution in [0.1, 0.15) is 15.9 Å². The summed E-state index contributed by atoms with van der Waals surface area (Å²) in [6.07, 6.45) is -3.89. The van der Waals surface area contributed by atoms with Gasteiger partial charge in [-0.3, -0.25) is 4.79 Å². The van der Waals surface area contributed by atoms with Gasteiger partial charge >= 0.3 is 6.36 Å². The molecule has 0 fully saturated rings. The summed E-state index contributed by atoms with van der Waals surface area (Å²) in [5, 5.41) is -0.926. The normalized spacial score (nSPS) is 11.2. The number of aromatic nitrogens is 1. The minimum atomic E-state index is -4.91. The molecule has 1 aromatic rings. The number of hydrogen-bond donors (Lipinski definition) is 0. The Bertz CT molecular complexity index is 448. The maximum absolute atomic E-state index is 12.1. The molecule has 0 bridgehead atoms. The number of alkyl halides is 3. The molecule has 0 spiro atoms. The van der Waals surface area contributed by atoms with Crippen LogP contribution in [0, 0.1) is 6.92 Å². The Morgan fingerprint density at radius 3 is 2.47 bits per heavy atom. The second kappa shape index (κ2) is 4.79. The van der Waals surface area contributed by atoms with Crippen LogP contribution in [-0.2, 0) is 0 Å². The van der Waals surface area contributed by atoms with Crippen molar-refractivity contribution in [2.24, 2.45) is 0 Å². The van der Waals surface area contributed by atoms with E-state index < -0.39 is 17.4 Å². The van der Waals surface area contributed by atoms with E-state index in [4.69, 9.17) is 11.6 Å². The van der Waals surface area contributed by atoms with E-state index in [1.807, 2.05) is 0 Å². The Balaban J connectivity index is 3.32. The number of methoxy groups -OCH3 is 1. The lowest BCUT2D eigenvalue weighted by Crippen LogP contribution is -2.19. The number of hydrogen-bond acceptors (Lipinski definition) is 4. The van der Waals surface area contributed by atoms with Crippen LogP contribution in [0.4, 0.5) is 13.2 Å². The summed E-state index contributed by atoms with van der Waals surface area (Å²) in [6.45, 7) is 1.25. The number of ether oxygens (including phenoxy) is 2. The summed E-state index contributed by atoms with van der Waals surface area (Å²) in [5.74, 6) is -1.05. The van der Waals surface area contributed by atoms with Crippen LogP contribution in [0.15, 0.2) is 6.20 Å². The Morgan fingerprint density at radius 2 is 2.06 bits per heavy atom. The topological polar surface area (TPSA) is 48.4 Å². The zero-order valence-electron chi connectivity index (χ0n) is 8.76. The first-order valence-electron chi connectivity index (χ1n) is 4.25. The summed E-state index contributed by atoms with van der Waals surface area (Å²) < 4.78 is 44.8. The SMILES string of the molecule is COc1ncc(C(=O)Cl)c(C)c1OC(F)(F)F. The van der Waals surface area contributed by atoms with Crippen LogP contribution in [0.3, 0.4) is 0 Å². The van der Waals surface area contributed by atoms with E-state index >= 15 is 0 Å². The fourth-order valence-electron chi connectivity index (χ4n) is 1.14. The van der Waals surface area contributed by atoms with Gasteiger partial charge in [0, 0.05) is 11.8 Å². The Morgan fingerprint density at radius 1 is 1.47 bits per heavy atom. The Labute approximate surface area is 99.3 Å². The van der Waals surface area contributed by atoms with Crippen LogP contribution >= 0.6 is 11.6 Å². The molecule has 4 nitrogen and oxygen atoms in total. The summed E-state index contributed by atoms with van der Waals surface area (Å²) in [7, 11) is 1.13. The van der Waals surface area contributed by atoms with E-state index in [0.717, 1.165) is 13.3 Å². The van der Waals surface area contributed by atoms with Crippen LogP contribution in [-0.4, -0.2) is 23.7 Å². The second-order valence-corrected chi connectivity index (χ2v) is 3.30. The molecular formula is C9H7ClF3NO3. The molecular weight excluding hydrogens is 263 g/mol. The lowest BCUT2D eigenvalue weighted by atomic mass is 10.1. The molecule has 0 unspecified atom stereocenters. The fraction of sp³-hybridized carbons (Fsp3) is 0.333. The van der Waals surface area contributed by atoms with Crippen LogP contribution in [0.5, 0.6) is 11.6 Å². The van der Waals surface area contributed by atoms with Gasteiger partial charge in [-0.2, -0.15) is 0 Å². The smallest absolute Gasteiger partial charge is 0.478 e. The van der Waals surface area contributed by atoms with Crippen molar-refractivity contribution < 1.29 is 27.4 Å². The number of halogens is 4. The number of carbonyl (C=O) groups is 1. The number of nitrogens with zero attached hydrogens (tertiary/aromatic N) is 1. The van der Waals surface area contributed by atoms with Gasteiger partial charge in [0.1, 0.15) is 0 Å². The molecule has 0 aromatic carbocycles. The summed E-state index contributed by atoms with van der Waals surface area (Å²) in [4.78, 5) is 14.4. The van der Waals surface area contributed by atoms with E-state index in [1.165, 1.54) is 6.92 Å². The summed E-state index contributed by atoms with van der Waals surface area (Å²) in [6, 6.07) is 0. The molecule has 0 radical (unpaired) electrons. The predicted octanol–water partition coefficient (Wildman–Crippen LogP) is 2.68. The van der Waals surface area contributed by atoms with Crippen molar-refractivity contribution in [3.63, 3.8) is 0 Å². The molecule has 94 valence electrons. The van der Waals surface area contributed by atoms with Gasteiger partial charge in [-0.1, -0.05) is 0 Å². The largest absolute Gasteiger partial charge is 0.573 e. The molecule has 1 heterocycles. The van der Waals surface area contributed by atoms with Crippen molar-refractivity contribution in [2.45, 2.75) is 13.3 Å². The summed E-state index contributed by atoms with van der Waals surface area (Å²) in [5.41, 5.74) is -0.263. The first kappa shape index (κ1) is 13.6. The Hall–Kier alpha value is -1.50. The van der Waals surface area contributed by atoms with Gasteiger partial charge in [-0.05, 0) is 18.5 Å². The van der Waals surface area contributed by atoms with E-state index in [2.05, 4.69) is 14.5 Å². The van der Waals surface area contributed by atoms with Crippen molar-refractivity contribution in [2.75, 3.05) is 7.11 Å². The van der Waals surface area contributed by atoms with Crippen LogP contribution in [0.2, 0.25) is 0 Å². The standard InChI is InChI=1S/C9H7ClF3NO3/c1-4-5(7(10)15)3-14-8(16-2)6(4)17-9(11,12)13/h3H,1-2H3. The minimum absolute atomic E-state index is 0.0887. The molecule has 0 aliphatic heterocycles. The van der Waals surface area contributed by atoms with Crippen LogP contribution < -0.4 is 9.47 Å². The van der Waals surface area contributed by atoms with E-state index in [-0.39, 0.29) is 17.0 Å². The molecule has 0 atom stereocenters. The van der Waals surface area contributed by atoms with Gasteiger partial charge in [-0.25, -0.2) is 4.98 Å². The zero-order valence-corrected chi connectivity index (χ0v) is 9.52. The van der Waals surface area contributed by atoms with Gasteiger partial charge in [0.2, 0.25) is 0 Å². The summed E-state index contributed by atoms with van der Waals surface area (Å²) >= 11 is 5.19. The lowest BCUT2D eigenvalue weighted by Gasteiger charge is -2.15. The molecule has 1 aromatic heterocycles. The zero-order chi connectivity index (χ0) is 13.2. The second-order valence-electron chi connectivity index (χ2n) is 2.96. The molecule has 0 saturated heterocycles. The molecule has 0 aliphatic carbocycles. The molecule has 0 aliphatic rings. The number of rotatable bonds is 3. The van der Waals surface area contributed by atoms with Gasteiger partial charge in [-0.15, -0.1) is 13.2 Å². The highest BCUT2D eigenvalue weighted by molar-refractivity contribution is 6.67. The van der Waals surface area contributed by atoms with E-state index in [9.17, 15) is 18.0 Å². The molecule has 8 heteroatoms. The number of carbonyl (C=O) groups excluding carboxylic acids is 1. The highest BCUT2D eigenvalue weighted by Gasteiger charge is 2.34. The van der Waals surface area contributed by atoms with Crippen molar-refractivity contribution in [1.82, 2.24) is 4.98 Å². The quantitative estimate of drug-likeness (QED) is 0.792. The molecule has 0 saturated carbocycles. The first-order valence-corrected chi connectivity index (χ1v) is 4.63. The molecule has 0 amide bonds. The van der Waals surface area contributed by atoms with Gasteiger partial charge in [0.05, 0.1) is 12.7 Å². The average Bonchev–Trinajstić information content (AvgIpc) is 2.18. The van der Waals surface area contributed by atoms with Gasteiger partial charge < -0.3 is 9.47 Å². The van der Waals surface area contributed by atoms with Crippen molar-refractivity contribution in [1.29, 1.82) is 0 Å². The first-order chi connectivity index (χ1) is 7.76. The van der Waals surface area contributed by atoms with E-state index in [0.29, 0.717) is 0 Å². The third-order valence-corrected chi connectivity index (χ3v) is 2.08.